The van der Waals surface area contributed by atoms with Gasteiger partial charge in [-0.3, -0.25) is 38.4 Å². The molecule has 0 aliphatic rings. The summed E-state index contributed by atoms with van der Waals surface area (Å²) in [6, 6.07) is 46.8. The van der Waals surface area contributed by atoms with Crippen molar-refractivity contribution < 1.29 is 136 Å². The Morgan fingerprint density at radius 3 is 0.966 bits per heavy atom. The van der Waals surface area contributed by atoms with Crippen molar-refractivity contribution in [3.8, 4) is 12.3 Å². The number of carbonyl (C=O) groups excluding carboxylic acids is 8. The Balaban J connectivity index is 0.00000133. The van der Waals surface area contributed by atoms with Crippen molar-refractivity contribution in [2.24, 2.45) is 0 Å². The second-order valence-electron chi connectivity index (χ2n) is 23.2. The predicted molar refractivity (Wildman–Crippen MR) is 436 cm³/mol. The van der Waals surface area contributed by atoms with E-state index < -0.39 is 24.3 Å². The molecule has 118 heavy (non-hydrogen) atoms. The molecule has 33 heteroatoms. The maximum absolute atomic E-state index is 13.1. The molecule has 0 spiro atoms. The van der Waals surface area contributed by atoms with Crippen LogP contribution in [0.15, 0.2) is 179 Å². The maximum Gasteiger partial charge on any atom is 0.416 e. The van der Waals surface area contributed by atoms with Crippen LogP contribution in [0.4, 0.5) is 22.0 Å². The summed E-state index contributed by atoms with van der Waals surface area (Å²) in [7, 11) is 12.2. The minimum atomic E-state index is -4.45. The second-order valence-corrected chi connectivity index (χ2v) is 25.9. The van der Waals surface area contributed by atoms with Gasteiger partial charge in [0.15, 0.2) is 6.61 Å². The summed E-state index contributed by atoms with van der Waals surface area (Å²) in [5.41, 5.74) is 3.97. The Kier molecular flexibility index (Phi) is 65.2. The average molecular weight is 1830 g/mol. The third-order valence-corrected chi connectivity index (χ3v) is 16.0. The Labute approximate surface area is 712 Å². The number of terminal acetylenes is 1. The van der Waals surface area contributed by atoms with Gasteiger partial charge in [-0.05, 0) is 77.4 Å². The van der Waals surface area contributed by atoms with Gasteiger partial charge in [-0.1, -0.05) is 170 Å². The van der Waals surface area contributed by atoms with E-state index in [1.54, 1.807) is 77.0 Å². The van der Waals surface area contributed by atoms with Crippen LogP contribution in [0.3, 0.4) is 0 Å². The molecule has 24 nitrogen and oxygen atoms in total. The standard InChI is InChI=1S/C12H13F3O3.2C11H13BrO3.2C11H13ClO3.2C11H13FO3.C7H10O3/c1-17-7-6-11(16)18-8-9-4-2-3-5-10(9)12(13,14)15;1-14-7-6-11(13)15-8-9-2-4-10(12)5-3-9;1-14-7-6-11(13)15-8-9-4-2-3-5-10(9)12;1-14-7-6-11(13)15-8-9-2-4-10(12)5-3-9;1-14-7-6-11(13)15-8-9-4-2-3-5-10(9)12;1-14-7-6-11(13)15-8-9-2-4-10(12)5-3-9;1-14-7-6-11(13)15-8-9-4-2-3-5-10(9)12;1-3-5-10-7(8)4-6-9-2/h2-5H,6-8H2,1H3;6*2-5H,6-8H2,1H3;1H,4-6H2,2H3. The summed E-state index contributed by atoms with van der Waals surface area (Å²) in [5, 5.41) is 1.28. The van der Waals surface area contributed by atoms with Crippen molar-refractivity contribution in [2.75, 3.05) is 116 Å². The molecule has 0 amide bonds. The zero-order valence-electron chi connectivity index (χ0n) is 66.9. The molecule has 7 rings (SSSR count). The molecular formula is C85H101Br2Cl2F5O24. The van der Waals surface area contributed by atoms with E-state index in [1.807, 2.05) is 78.9 Å². The van der Waals surface area contributed by atoms with Crippen molar-refractivity contribution in [3.63, 3.8) is 0 Å². The van der Waals surface area contributed by atoms with Crippen LogP contribution in [-0.2, 0) is 167 Å². The van der Waals surface area contributed by atoms with Gasteiger partial charge >= 0.3 is 53.9 Å². The molecule has 0 N–H and O–H groups in total. The predicted octanol–water partition coefficient (Wildman–Crippen LogP) is 16.7. The molecule has 0 atom stereocenters. The van der Waals surface area contributed by atoms with E-state index in [9.17, 15) is 60.3 Å². The Bertz CT molecular complexity index is 3640. The van der Waals surface area contributed by atoms with E-state index in [0.29, 0.717) is 87.9 Å². The largest absolute Gasteiger partial charge is 0.461 e. The fourth-order valence-electron chi connectivity index (χ4n) is 7.82. The second kappa shape index (κ2) is 70.7. The van der Waals surface area contributed by atoms with Crippen molar-refractivity contribution >= 4 is 103 Å². The van der Waals surface area contributed by atoms with Crippen LogP contribution in [0.5, 0.6) is 0 Å². The molecule has 648 valence electrons. The third kappa shape index (κ3) is 59.4. The highest BCUT2D eigenvalue weighted by Crippen LogP contribution is 2.32. The number of alkyl halides is 3. The molecule has 0 radical (unpaired) electrons. The number of hydrogen-bond donors (Lipinski definition) is 0. The molecular weight excluding hydrogens is 1730 g/mol. The first-order valence-corrected chi connectivity index (χ1v) is 38.2. The zero-order valence-corrected chi connectivity index (χ0v) is 71.6. The topological polar surface area (TPSA) is 284 Å². The van der Waals surface area contributed by atoms with Crippen molar-refractivity contribution in [1.82, 2.24) is 0 Å². The molecule has 0 unspecified atom stereocenters. The van der Waals surface area contributed by atoms with Gasteiger partial charge in [0.2, 0.25) is 0 Å². The highest BCUT2D eigenvalue weighted by atomic mass is 79.9. The minimum Gasteiger partial charge on any atom is -0.461 e. The minimum absolute atomic E-state index is 0.0185. The first-order valence-electron chi connectivity index (χ1n) is 35.8. The van der Waals surface area contributed by atoms with Crippen LogP contribution < -0.4 is 0 Å². The van der Waals surface area contributed by atoms with Crippen LogP contribution in [0, 0.1) is 24.0 Å². The lowest BCUT2D eigenvalue weighted by Crippen LogP contribution is -2.12. The maximum atomic E-state index is 13.1. The molecule has 0 aromatic heterocycles. The molecule has 0 fully saturated rings. The van der Waals surface area contributed by atoms with E-state index in [1.165, 1.54) is 64.8 Å². The molecule has 0 heterocycles. The molecule has 7 aromatic rings. The Morgan fingerprint density at radius 2 is 0.619 bits per heavy atom. The third-order valence-electron chi connectivity index (χ3n) is 14.1. The number of carbonyl (C=O) groups is 8. The van der Waals surface area contributed by atoms with E-state index in [-0.39, 0.29) is 137 Å². The molecule has 0 saturated carbocycles. The fraction of sp³-hybridized carbons (Fsp3) is 0.388. The van der Waals surface area contributed by atoms with Crippen LogP contribution in [0.1, 0.15) is 95.9 Å². The number of methoxy groups -OCH3 is 8. The number of rotatable bonds is 39. The molecule has 0 aliphatic carbocycles. The van der Waals surface area contributed by atoms with Gasteiger partial charge in [-0.25, -0.2) is 8.78 Å². The molecule has 0 aliphatic heterocycles. The van der Waals surface area contributed by atoms with Crippen LogP contribution in [-0.4, -0.2) is 164 Å². The van der Waals surface area contributed by atoms with E-state index in [4.69, 9.17) is 91.2 Å². The van der Waals surface area contributed by atoms with Crippen molar-refractivity contribution in [2.45, 2.75) is 104 Å². The number of esters is 8. The SMILES string of the molecule is C#CCOC(=O)CCOC.COCCC(=O)OCc1ccc(Br)cc1.COCCC(=O)OCc1ccc(Cl)cc1.COCCC(=O)OCc1ccc(F)cc1.COCCC(=O)OCc1ccccc1Br.COCCC(=O)OCc1ccccc1C(F)(F)F.COCCC(=O)OCc1ccccc1Cl.COCCC(=O)OCc1ccccc1F. The summed E-state index contributed by atoms with van der Waals surface area (Å²) >= 11 is 18.3. The Hall–Kier alpha value is -9.27. The summed E-state index contributed by atoms with van der Waals surface area (Å²) in [6.07, 6.45) is 2.24. The van der Waals surface area contributed by atoms with E-state index >= 15 is 0 Å². The summed E-state index contributed by atoms with van der Waals surface area (Å²) < 4.78 is 142. The lowest BCUT2D eigenvalue weighted by Gasteiger charge is -2.12. The first kappa shape index (κ1) is 109. The monoisotopic (exact) mass is 1830 g/mol. The van der Waals surface area contributed by atoms with Crippen LogP contribution >= 0.6 is 55.1 Å². The van der Waals surface area contributed by atoms with Gasteiger partial charge in [0.1, 0.15) is 57.9 Å². The average Bonchev–Trinajstić information content (AvgIpc) is 0.834. The zero-order chi connectivity index (χ0) is 88.0. The van der Waals surface area contributed by atoms with Gasteiger partial charge in [0.25, 0.3) is 0 Å². The smallest absolute Gasteiger partial charge is 0.416 e. The lowest BCUT2D eigenvalue weighted by atomic mass is 10.1. The van der Waals surface area contributed by atoms with Gasteiger partial charge in [-0.15, -0.1) is 6.42 Å². The fourth-order valence-corrected chi connectivity index (χ4v) is 8.80. The van der Waals surface area contributed by atoms with Gasteiger partial charge in [-0.2, -0.15) is 13.2 Å². The summed E-state index contributed by atoms with van der Waals surface area (Å²) in [6.45, 7) is 3.68. The van der Waals surface area contributed by atoms with Crippen molar-refractivity contribution in [1.29, 1.82) is 0 Å². The van der Waals surface area contributed by atoms with Crippen LogP contribution in [0.25, 0.3) is 0 Å². The van der Waals surface area contributed by atoms with Gasteiger partial charge in [0.05, 0.1) is 110 Å². The van der Waals surface area contributed by atoms with E-state index in [2.05, 4.69) is 52.0 Å². The van der Waals surface area contributed by atoms with Crippen LogP contribution in [0.2, 0.25) is 10.0 Å². The number of ether oxygens (including phenoxy) is 16. The molecule has 0 bridgehead atoms. The Morgan fingerprint density at radius 1 is 0.339 bits per heavy atom. The molecule has 0 saturated heterocycles. The summed E-state index contributed by atoms with van der Waals surface area (Å²) in [5.74, 6) is -1.11. The number of hydrogen-bond acceptors (Lipinski definition) is 24. The normalized spacial score (nSPS) is 10.1. The van der Waals surface area contributed by atoms with Gasteiger partial charge in [0, 0.05) is 98.1 Å². The van der Waals surface area contributed by atoms with Gasteiger partial charge < -0.3 is 75.8 Å². The number of halogens is 9. The summed E-state index contributed by atoms with van der Waals surface area (Å²) in [4.78, 5) is 88.4. The van der Waals surface area contributed by atoms with E-state index in [0.717, 1.165) is 42.8 Å². The highest BCUT2D eigenvalue weighted by molar-refractivity contribution is 9.10. The quantitative estimate of drug-likeness (QED) is 0.0150. The number of benzene rings is 7. The lowest BCUT2D eigenvalue weighted by molar-refractivity contribution is -0.148. The molecule has 7 aromatic carbocycles. The highest BCUT2D eigenvalue weighted by Gasteiger charge is 2.33. The first-order chi connectivity index (χ1) is 56.6. The van der Waals surface area contributed by atoms with Crippen molar-refractivity contribution in [3.05, 3.63) is 245 Å².